The van der Waals surface area contributed by atoms with Gasteiger partial charge in [0.1, 0.15) is 12.1 Å². The van der Waals surface area contributed by atoms with E-state index >= 15 is 0 Å². The van der Waals surface area contributed by atoms with Gasteiger partial charge < -0.3 is 10.1 Å². The van der Waals surface area contributed by atoms with E-state index < -0.39 is 0 Å². The predicted molar refractivity (Wildman–Crippen MR) is 77.2 cm³/mol. The van der Waals surface area contributed by atoms with Crippen LogP contribution in [0.1, 0.15) is 6.42 Å². The average Bonchev–Trinajstić information content (AvgIpc) is 3.13. The molecule has 0 aliphatic carbocycles. The molecule has 8 nitrogen and oxygen atoms in total. The maximum Gasteiger partial charge on any atom is 0.228 e. The molecule has 108 valence electrons. The molecule has 0 spiro atoms. The summed E-state index contributed by atoms with van der Waals surface area (Å²) in [4.78, 5) is 16.2. The Hall–Kier alpha value is -2.55. The van der Waals surface area contributed by atoms with E-state index in [1.54, 1.807) is 7.11 Å². The summed E-state index contributed by atoms with van der Waals surface area (Å²) in [6, 6.07) is 5.59. The Labute approximate surface area is 123 Å². The standard InChI is InChI=1S/C12H12N6O2S/c1-20-8-2-3-9-10(6-8)21-12(14-9)15-11(19)4-5-18-7-13-16-17-18/h2-3,6-7H,4-5H2,1H3,(H,14,15,19). The second kappa shape index (κ2) is 5.83. The summed E-state index contributed by atoms with van der Waals surface area (Å²) in [7, 11) is 1.61. The van der Waals surface area contributed by atoms with Gasteiger partial charge >= 0.3 is 0 Å². The van der Waals surface area contributed by atoms with Gasteiger partial charge in [-0.15, -0.1) is 5.10 Å². The maximum atomic E-state index is 11.9. The summed E-state index contributed by atoms with van der Waals surface area (Å²) < 4.78 is 7.63. The third-order valence-corrected chi connectivity index (χ3v) is 3.73. The van der Waals surface area contributed by atoms with E-state index in [0.717, 1.165) is 16.0 Å². The molecule has 0 atom stereocenters. The van der Waals surface area contributed by atoms with Crippen LogP contribution in [0, 0.1) is 0 Å². The van der Waals surface area contributed by atoms with Gasteiger partial charge in [-0.05, 0) is 28.6 Å². The first-order chi connectivity index (χ1) is 10.2. The molecule has 9 heteroatoms. The number of hydrogen-bond donors (Lipinski definition) is 1. The van der Waals surface area contributed by atoms with E-state index in [1.165, 1.54) is 22.3 Å². The first-order valence-corrected chi connectivity index (χ1v) is 7.01. The molecule has 0 aliphatic rings. The third kappa shape index (κ3) is 3.14. The van der Waals surface area contributed by atoms with Crippen molar-refractivity contribution < 1.29 is 9.53 Å². The molecule has 0 aliphatic heterocycles. The lowest BCUT2D eigenvalue weighted by molar-refractivity contribution is -0.116. The minimum atomic E-state index is -0.128. The molecule has 21 heavy (non-hydrogen) atoms. The molecule has 2 heterocycles. The third-order valence-electron chi connectivity index (χ3n) is 2.80. The van der Waals surface area contributed by atoms with Gasteiger partial charge in [-0.2, -0.15) is 0 Å². The van der Waals surface area contributed by atoms with Crippen molar-refractivity contribution in [3.63, 3.8) is 0 Å². The van der Waals surface area contributed by atoms with Crippen LogP contribution >= 0.6 is 11.3 Å². The predicted octanol–water partition coefficient (Wildman–Crippen LogP) is 1.32. The van der Waals surface area contributed by atoms with Gasteiger partial charge in [0, 0.05) is 6.42 Å². The van der Waals surface area contributed by atoms with Gasteiger partial charge in [-0.3, -0.25) is 4.79 Å². The number of nitrogens with zero attached hydrogens (tertiary/aromatic N) is 5. The highest BCUT2D eigenvalue weighted by Gasteiger charge is 2.09. The van der Waals surface area contributed by atoms with Crippen LogP contribution in [-0.4, -0.2) is 38.2 Å². The summed E-state index contributed by atoms with van der Waals surface area (Å²) in [6.07, 6.45) is 1.75. The largest absolute Gasteiger partial charge is 0.497 e. The normalized spacial score (nSPS) is 10.7. The quantitative estimate of drug-likeness (QED) is 0.764. The Bertz CT molecular complexity index is 754. The Morgan fingerprint density at radius 1 is 1.48 bits per heavy atom. The monoisotopic (exact) mass is 304 g/mol. The van der Waals surface area contributed by atoms with E-state index in [9.17, 15) is 4.79 Å². The van der Waals surface area contributed by atoms with Crippen LogP contribution in [0.2, 0.25) is 0 Å². The van der Waals surface area contributed by atoms with Gasteiger partial charge in [0.2, 0.25) is 5.91 Å². The van der Waals surface area contributed by atoms with Crippen LogP contribution in [0.25, 0.3) is 10.2 Å². The summed E-state index contributed by atoms with van der Waals surface area (Å²) in [5.41, 5.74) is 0.830. The van der Waals surface area contributed by atoms with E-state index in [0.29, 0.717) is 11.7 Å². The number of aryl methyl sites for hydroxylation is 1. The van der Waals surface area contributed by atoms with E-state index in [2.05, 4.69) is 25.8 Å². The SMILES string of the molecule is COc1ccc2nc(NC(=O)CCn3cnnn3)sc2c1. The molecule has 0 unspecified atom stereocenters. The van der Waals surface area contributed by atoms with Crippen molar-refractivity contribution in [2.24, 2.45) is 0 Å². The number of aromatic nitrogens is 5. The number of thiazole rings is 1. The summed E-state index contributed by atoms with van der Waals surface area (Å²) in [6.45, 7) is 0.428. The molecule has 3 aromatic rings. The molecular formula is C12H12N6O2S. The van der Waals surface area contributed by atoms with Crippen molar-refractivity contribution in [2.45, 2.75) is 13.0 Å². The van der Waals surface area contributed by atoms with Gasteiger partial charge in [-0.25, -0.2) is 9.67 Å². The van der Waals surface area contributed by atoms with Gasteiger partial charge in [0.25, 0.3) is 0 Å². The first kappa shape index (κ1) is 13.4. The number of hydrogen-bond acceptors (Lipinski definition) is 7. The molecule has 0 bridgehead atoms. The van der Waals surface area contributed by atoms with Crippen LogP contribution in [0.15, 0.2) is 24.5 Å². The minimum Gasteiger partial charge on any atom is -0.497 e. The number of nitrogens with one attached hydrogen (secondary N) is 1. The number of rotatable bonds is 5. The molecule has 0 saturated carbocycles. The highest BCUT2D eigenvalue weighted by atomic mass is 32.1. The Balaban J connectivity index is 1.65. The lowest BCUT2D eigenvalue weighted by atomic mass is 10.3. The van der Waals surface area contributed by atoms with Gasteiger partial charge in [0.15, 0.2) is 5.13 Å². The maximum absolute atomic E-state index is 11.9. The Morgan fingerprint density at radius 3 is 3.14 bits per heavy atom. The van der Waals surface area contributed by atoms with Crippen molar-refractivity contribution in [2.75, 3.05) is 12.4 Å². The molecule has 1 N–H and O–H groups in total. The molecule has 0 saturated heterocycles. The zero-order chi connectivity index (χ0) is 14.7. The van der Waals surface area contributed by atoms with Crippen LogP contribution in [0.5, 0.6) is 5.75 Å². The molecule has 0 fully saturated rings. The van der Waals surface area contributed by atoms with Crippen molar-refractivity contribution in [3.8, 4) is 5.75 Å². The molecule has 1 aromatic carbocycles. The van der Waals surface area contributed by atoms with Crippen molar-refractivity contribution in [1.82, 2.24) is 25.2 Å². The number of anilines is 1. The lowest BCUT2D eigenvalue weighted by Crippen LogP contribution is -2.14. The number of amides is 1. The first-order valence-electron chi connectivity index (χ1n) is 6.20. The van der Waals surface area contributed by atoms with Gasteiger partial charge in [0.05, 0.1) is 23.9 Å². The number of benzene rings is 1. The fraction of sp³-hybridized carbons (Fsp3) is 0.250. The second-order valence-electron chi connectivity index (χ2n) is 4.22. The van der Waals surface area contributed by atoms with Crippen LogP contribution < -0.4 is 10.1 Å². The zero-order valence-corrected chi connectivity index (χ0v) is 12.0. The topological polar surface area (TPSA) is 94.8 Å². The summed E-state index contributed by atoms with van der Waals surface area (Å²) in [5.74, 6) is 0.638. The minimum absolute atomic E-state index is 0.128. The number of tetrazole rings is 1. The number of methoxy groups -OCH3 is 1. The number of carbonyl (C=O) groups excluding carboxylic acids is 1. The highest BCUT2D eigenvalue weighted by molar-refractivity contribution is 7.22. The van der Waals surface area contributed by atoms with E-state index in [4.69, 9.17) is 4.74 Å². The summed E-state index contributed by atoms with van der Waals surface area (Å²) in [5, 5.41) is 14.1. The van der Waals surface area contributed by atoms with Crippen LogP contribution in [0.4, 0.5) is 5.13 Å². The zero-order valence-electron chi connectivity index (χ0n) is 11.2. The fourth-order valence-electron chi connectivity index (χ4n) is 1.77. The van der Waals surface area contributed by atoms with Crippen LogP contribution in [-0.2, 0) is 11.3 Å². The molecule has 0 radical (unpaired) electrons. The van der Waals surface area contributed by atoms with Crippen molar-refractivity contribution >= 4 is 32.6 Å². The smallest absolute Gasteiger partial charge is 0.228 e. The fourth-order valence-corrected chi connectivity index (χ4v) is 2.68. The number of ether oxygens (including phenoxy) is 1. The number of fused-ring (bicyclic) bond motifs is 1. The average molecular weight is 304 g/mol. The molecular weight excluding hydrogens is 292 g/mol. The number of carbonyl (C=O) groups is 1. The molecule has 2 aromatic heterocycles. The second-order valence-corrected chi connectivity index (χ2v) is 5.25. The van der Waals surface area contributed by atoms with Crippen molar-refractivity contribution in [1.29, 1.82) is 0 Å². The highest BCUT2D eigenvalue weighted by Crippen LogP contribution is 2.29. The van der Waals surface area contributed by atoms with E-state index in [-0.39, 0.29) is 12.3 Å². The Morgan fingerprint density at radius 2 is 2.38 bits per heavy atom. The molecule has 1 amide bonds. The van der Waals surface area contributed by atoms with Gasteiger partial charge in [-0.1, -0.05) is 11.3 Å². The molecule has 3 rings (SSSR count). The van der Waals surface area contributed by atoms with E-state index in [1.807, 2.05) is 18.2 Å². The lowest BCUT2D eigenvalue weighted by Gasteiger charge is -2.00. The van der Waals surface area contributed by atoms with Crippen molar-refractivity contribution in [3.05, 3.63) is 24.5 Å². The van der Waals surface area contributed by atoms with Crippen LogP contribution in [0.3, 0.4) is 0 Å². The Kier molecular flexibility index (Phi) is 3.73. The summed E-state index contributed by atoms with van der Waals surface area (Å²) >= 11 is 1.41.